The molecule has 4 rings (SSSR count). The molecule has 0 unspecified atom stereocenters. The Bertz CT molecular complexity index is 805. The Morgan fingerprint density at radius 3 is 1.80 bits per heavy atom. The van der Waals surface area contributed by atoms with Crippen LogP contribution in [0, 0.1) is 16.9 Å². The van der Waals surface area contributed by atoms with Crippen LogP contribution >= 0.6 is 0 Å². The van der Waals surface area contributed by atoms with E-state index in [2.05, 4.69) is 84.0 Å². The summed E-state index contributed by atoms with van der Waals surface area (Å²) in [6.45, 7) is 13.8. The molecule has 0 heterocycles. The van der Waals surface area contributed by atoms with Gasteiger partial charge in [-0.25, -0.2) is 12.1 Å². The first-order valence-corrected chi connectivity index (χ1v) is 11.7. The van der Waals surface area contributed by atoms with Crippen molar-refractivity contribution in [1.29, 1.82) is 0 Å². The minimum Gasteiger partial charge on any atom is -1.00 e. The summed E-state index contributed by atoms with van der Waals surface area (Å²) in [5.74, 6) is 0. The molecular formula is C27H32Cl2Hf-2. The van der Waals surface area contributed by atoms with Gasteiger partial charge in [0.2, 0.25) is 0 Å². The molecule has 1 aliphatic carbocycles. The summed E-state index contributed by atoms with van der Waals surface area (Å²) in [5.41, 5.74) is 6.35. The molecule has 0 spiro atoms. The van der Waals surface area contributed by atoms with Gasteiger partial charge in [-0.1, -0.05) is 35.4 Å². The third kappa shape index (κ3) is 8.69. The molecule has 30 heavy (non-hydrogen) atoms. The van der Waals surface area contributed by atoms with E-state index in [-0.39, 0.29) is 24.8 Å². The Kier molecular flexibility index (Phi) is 12.5. The quantitative estimate of drug-likeness (QED) is 0.209. The van der Waals surface area contributed by atoms with Crippen molar-refractivity contribution >= 4 is 3.26 Å². The average Bonchev–Trinajstić information content (AvgIpc) is 3.31. The van der Waals surface area contributed by atoms with Crippen molar-refractivity contribution < 1.29 is 48.7 Å². The maximum absolute atomic E-state index is 3.30. The monoisotopic (exact) mass is 606 g/mol. The molecule has 3 aromatic rings. The number of fused-ring (bicyclic) bond motifs is 3. The zero-order valence-corrected chi connectivity index (χ0v) is 24.0. The molecule has 0 aliphatic heterocycles. The summed E-state index contributed by atoms with van der Waals surface area (Å²) < 4.78 is 1.71. The Hall–Kier alpha value is -0.890. The normalized spacial score (nSPS) is 11.2. The maximum Gasteiger partial charge on any atom is -0.0253 e. The van der Waals surface area contributed by atoms with Crippen LogP contribution in [-0.2, 0) is 30.3 Å². The molecule has 1 aliphatic rings. The van der Waals surface area contributed by atoms with E-state index in [1.54, 1.807) is 3.26 Å². The third-order valence-electron chi connectivity index (χ3n) is 4.67. The van der Waals surface area contributed by atoms with E-state index in [4.69, 9.17) is 0 Å². The fraction of sp³-hybridized carbons (Fsp3) is 0.333. The molecule has 0 aromatic heterocycles. The average molecular weight is 606 g/mol. The van der Waals surface area contributed by atoms with Crippen LogP contribution in [-0.4, -0.2) is 3.26 Å². The summed E-state index contributed by atoms with van der Waals surface area (Å²) in [7, 11) is 0. The second-order valence-corrected chi connectivity index (χ2v) is 11.0. The minimum atomic E-state index is 0. The van der Waals surface area contributed by atoms with Crippen molar-refractivity contribution in [3.63, 3.8) is 0 Å². The molecule has 3 aromatic carbocycles. The fourth-order valence-corrected chi connectivity index (χ4v) is 3.44. The first kappa shape index (κ1) is 29.1. The predicted molar refractivity (Wildman–Crippen MR) is 119 cm³/mol. The number of hydrogen-bond donors (Lipinski definition) is 0. The minimum absolute atomic E-state index is 0. The van der Waals surface area contributed by atoms with E-state index in [0.717, 1.165) is 6.42 Å². The smallest absolute Gasteiger partial charge is 0.0253 e. The van der Waals surface area contributed by atoms with E-state index >= 15 is 0 Å². The van der Waals surface area contributed by atoms with E-state index in [9.17, 15) is 0 Å². The summed E-state index contributed by atoms with van der Waals surface area (Å²) in [6, 6.07) is 28.1. The first-order valence-electron chi connectivity index (χ1n) is 9.95. The standard InChI is InChI=1S/C13H9.C9H18.C5H5.2ClH.Hf/c1-3-7-12-10(5-1)9-11-6-2-4-8-13(11)12;1-8(2,3)7-9(4,5)6;1-2-4-5-3-1;;;/h1-5,7-8H,9H2;1-6H3;1-5H;2*1H;/q-1;;-1;;;+2/p-2. The van der Waals surface area contributed by atoms with Gasteiger partial charge in [-0.2, -0.15) is 48.0 Å². The van der Waals surface area contributed by atoms with Crippen molar-refractivity contribution in [3.8, 4) is 11.1 Å². The van der Waals surface area contributed by atoms with Crippen LogP contribution in [0.3, 0.4) is 0 Å². The second kappa shape index (κ2) is 12.8. The Balaban J connectivity index is 0.000000444. The van der Waals surface area contributed by atoms with Crippen molar-refractivity contribution in [2.24, 2.45) is 10.8 Å². The predicted octanol–water partition coefficient (Wildman–Crippen LogP) is 1.27. The molecule has 160 valence electrons. The van der Waals surface area contributed by atoms with Crippen LogP contribution in [0.1, 0.15) is 52.7 Å². The van der Waals surface area contributed by atoms with Gasteiger partial charge in [0.1, 0.15) is 0 Å². The number of halogens is 2. The van der Waals surface area contributed by atoms with Crippen molar-refractivity contribution in [3.05, 3.63) is 90.0 Å². The van der Waals surface area contributed by atoms with Gasteiger partial charge in [-0.05, 0) is 6.42 Å². The summed E-state index contributed by atoms with van der Waals surface area (Å²) >= 11 is 1.22. The molecule has 0 radical (unpaired) electrons. The summed E-state index contributed by atoms with van der Waals surface area (Å²) in [6.07, 6.45) is 1.05. The molecule has 0 fully saturated rings. The Morgan fingerprint density at radius 2 is 1.33 bits per heavy atom. The molecule has 0 saturated carbocycles. The molecule has 0 bridgehead atoms. The van der Waals surface area contributed by atoms with Crippen LogP contribution in [0.25, 0.3) is 11.1 Å². The molecule has 0 atom stereocenters. The van der Waals surface area contributed by atoms with Gasteiger partial charge in [-0.3, -0.25) is 0 Å². The van der Waals surface area contributed by atoms with Crippen LogP contribution in [0.15, 0.2) is 72.8 Å². The molecular weight excluding hydrogens is 574 g/mol. The SMILES string of the molecule is CC(C)(C)[C](=[Hf+2])C(C)(C)C.[Cl-].[Cl-].[c-]1cccc2c1Cc1ccccc1-2.c1cc[cH-]c1. The molecule has 0 N–H and O–H groups in total. The van der Waals surface area contributed by atoms with Crippen LogP contribution in [0.5, 0.6) is 0 Å². The van der Waals surface area contributed by atoms with Gasteiger partial charge >= 0.3 is 79.5 Å². The van der Waals surface area contributed by atoms with Gasteiger partial charge in [-0.15, -0.1) is 5.56 Å². The fourth-order valence-electron chi connectivity index (χ4n) is 3.44. The maximum atomic E-state index is 3.30. The van der Waals surface area contributed by atoms with Gasteiger partial charge in [0, 0.05) is 0 Å². The summed E-state index contributed by atoms with van der Waals surface area (Å²) in [5, 5.41) is 0. The van der Waals surface area contributed by atoms with Gasteiger partial charge in [0.25, 0.3) is 0 Å². The molecule has 0 nitrogen and oxygen atoms in total. The van der Waals surface area contributed by atoms with Crippen LogP contribution < -0.4 is 24.8 Å². The zero-order valence-electron chi connectivity index (χ0n) is 18.9. The first-order chi connectivity index (χ1) is 13.1. The van der Waals surface area contributed by atoms with E-state index < -0.39 is 0 Å². The molecule has 0 amide bonds. The van der Waals surface area contributed by atoms with E-state index in [0.29, 0.717) is 10.8 Å². The zero-order chi connectivity index (χ0) is 20.8. The Labute approximate surface area is 210 Å². The van der Waals surface area contributed by atoms with Crippen molar-refractivity contribution in [2.45, 2.75) is 48.0 Å². The largest absolute Gasteiger partial charge is 1.00 e. The second-order valence-electron chi connectivity index (χ2n) is 9.23. The van der Waals surface area contributed by atoms with Crippen LogP contribution in [0.4, 0.5) is 0 Å². The molecule has 3 heteroatoms. The van der Waals surface area contributed by atoms with E-state index in [1.807, 2.05) is 36.4 Å². The topological polar surface area (TPSA) is 0 Å². The number of rotatable bonds is 0. The van der Waals surface area contributed by atoms with Crippen molar-refractivity contribution in [1.82, 2.24) is 0 Å². The Morgan fingerprint density at radius 1 is 0.800 bits per heavy atom. The van der Waals surface area contributed by atoms with Gasteiger partial charge in [0.05, 0.1) is 0 Å². The van der Waals surface area contributed by atoms with Gasteiger partial charge < -0.3 is 24.8 Å². The number of hydrogen-bond acceptors (Lipinski definition) is 0. The summed E-state index contributed by atoms with van der Waals surface area (Å²) in [4.78, 5) is 0. The van der Waals surface area contributed by atoms with Crippen LogP contribution in [0.2, 0.25) is 0 Å². The number of benzene rings is 2. The van der Waals surface area contributed by atoms with E-state index in [1.165, 1.54) is 46.1 Å². The molecule has 0 saturated heterocycles. The van der Waals surface area contributed by atoms with Gasteiger partial charge in [0.15, 0.2) is 0 Å². The van der Waals surface area contributed by atoms with Crippen molar-refractivity contribution in [2.75, 3.05) is 0 Å². The third-order valence-corrected chi connectivity index (χ3v) is 10.1.